The maximum atomic E-state index is 11.0. The first-order valence-corrected chi connectivity index (χ1v) is 8.76. The molecule has 0 aliphatic carbocycles. The summed E-state index contributed by atoms with van der Waals surface area (Å²) in [5, 5.41) is 7.57. The zero-order valence-electron chi connectivity index (χ0n) is 14.9. The lowest BCUT2D eigenvalue weighted by Crippen LogP contribution is -2.37. The number of nitrogens with zero attached hydrogens (tertiary/aromatic N) is 2. The molecule has 144 valence electrons. The average Bonchev–Trinajstić information content (AvgIpc) is 2.83. The second-order valence-corrected chi connectivity index (χ2v) is 6.19. The van der Waals surface area contributed by atoms with Gasteiger partial charge in [-0.3, -0.25) is 9.79 Å². The number of halogens is 3. The molecule has 0 amide bonds. The number of ether oxygens (including phenoxy) is 1. The van der Waals surface area contributed by atoms with Gasteiger partial charge in [0, 0.05) is 32.8 Å². The van der Waals surface area contributed by atoms with Crippen molar-refractivity contribution in [2.75, 3.05) is 20.7 Å². The zero-order valence-corrected chi connectivity index (χ0v) is 18.7. The van der Waals surface area contributed by atoms with Gasteiger partial charge in [0.05, 0.1) is 18.7 Å². The Morgan fingerprint density at radius 3 is 2.48 bits per heavy atom. The van der Waals surface area contributed by atoms with Crippen LogP contribution in [0.1, 0.15) is 37.8 Å². The predicted octanol–water partition coefficient (Wildman–Crippen LogP) is 3.74. The molecule has 0 aromatic carbocycles. The minimum atomic E-state index is -0.140. The van der Waals surface area contributed by atoms with Gasteiger partial charge in [-0.1, -0.05) is 36.0 Å². The van der Waals surface area contributed by atoms with Crippen molar-refractivity contribution in [1.29, 1.82) is 0 Å². The van der Waals surface area contributed by atoms with Crippen molar-refractivity contribution < 1.29 is 9.53 Å². The third kappa shape index (κ3) is 9.01. The second-order valence-electron chi connectivity index (χ2n) is 5.43. The third-order valence-corrected chi connectivity index (χ3v) is 4.55. The highest BCUT2D eigenvalue weighted by molar-refractivity contribution is 14.0. The van der Waals surface area contributed by atoms with Crippen LogP contribution in [0.4, 0.5) is 0 Å². The Hall–Kier alpha value is -0.670. The van der Waals surface area contributed by atoms with E-state index >= 15 is 0 Å². The second kappa shape index (κ2) is 13.5. The standard InChI is InChI=1S/C16H26Cl2N4O2.HI/c1-19-16(20-9-7-5-4-6-8-14(23)24-3)21-11-12-10-13(17)15(18)22(12)2;/h10H,4-9,11H2,1-3H3,(H2,19,20,21);1H. The van der Waals surface area contributed by atoms with Crippen molar-refractivity contribution in [1.82, 2.24) is 15.2 Å². The van der Waals surface area contributed by atoms with Gasteiger partial charge < -0.3 is 19.9 Å². The highest BCUT2D eigenvalue weighted by Crippen LogP contribution is 2.24. The quantitative estimate of drug-likeness (QED) is 0.177. The number of carbonyl (C=O) groups excluding carboxylic acids is 1. The fourth-order valence-electron chi connectivity index (χ4n) is 2.21. The van der Waals surface area contributed by atoms with Crippen molar-refractivity contribution >= 4 is 59.1 Å². The smallest absolute Gasteiger partial charge is 0.305 e. The number of rotatable bonds is 9. The molecule has 9 heteroatoms. The molecule has 1 heterocycles. The lowest BCUT2D eigenvalue weighted by molar-refractivity contribution is -0.140. The Labute approximate surface area is 176 Å². The van der Waals surface area contributed by atoms with Gasteiger partial charge in [0.25, 0.3) is 0 Å². The lowest BCUT2D eigenvalue weighted by atomic mass is 10.1. The fraction of sp³-hybridized carbons (Fsp3) is 0.625. The maximum Gasteiger partial charge on any atom is 0.305 e. The summed E-state index contributed by atoms with van der Waals surface area (Å²) in [6.07, 6.45) is 4.46. The zero-order chi connectivity index (χ0) is 17.9. The summed E-state index contributed by atoms with van der Waals surface area (Å²) in [6.45, 7) is 1.41. The number of aromatic nitrogens is 1. The average molecular weight is 505 g/mol. The Morgan fingerprint density at radius 1 is 1.24 bits per heavy atom. The van der Waals surface area contributed by atoms with Crippen LogP contribution in [0.25, 0.3) is 0 Å². The molecule has 25 heavy (non-hydrogen) atoms. The summed E-state index contributed by atoms with van der Waals surface area (Å²) >= 11 is 12.1. The summed E-state index contributed by atoms with van der Waals surface area (Å²) in [7, 11) is 5.02. The van der Waals surface area contributed by atoms with E-state index in [1.165, 1.54) is 7.11 Å². The first-order valence-electron chi connectivity index (χ1n) is 8.00. The minimum absolute atomic E-state index is 0. The fourth-order valence-corrected chi connectivity index (χ4v) is 2.63. The summed E-state index contributed by atoms with van der Waals surface area (Å²) in [4.78, 5) is 15.2. The van der Waals surface area contributed by atoms with Gasteiger partial charge in [-0.25, -0.2) is 0 Å². The summed E-state index contributed by atoms with van der Waals surface area (Å²) in [5.41, 5.74) is 0.982. The molecule has 6 nitrogen and oxygen atoms in total. The van der Waals surface area contributed by atoms with E-state index in [0.29, 0.717) is 23.1 Å². The number of methoxy groups -OCH3 is 1. The van der Waals surface area contributed by atoms with Gasteiger partial charge in [0.1, 0.15) is 5.15 Å². The van der Waals surface area contributed by atoms with E-state index in [1.807, 2.05) is 17.7 Å². The summed E-state index contributed by atoms with van der Waals surface area (Å²) < 4.78 is 6.45. The molecular formula is C16H27Cl2IN4O2. The number of unbranched alkanes of at least 4 members (excludes halogenated alkanes) is 3. The Bertz CT molecular complexity index is 565. The van der Waals surface area contributed by atoms with Crippen LogP contribution in [0.3, 0.4) is 0 Å². The van der Waals surface area contributed by atoms with E-state index in [9.17, 15) is 4.79 Å². The molecule has 0 spiro atoms. The molecule has 0 bridgehead atoms. The molecule has 1 aromatic heterocycles. The first-order chi connectivity index (χ1) is 11.5. The van der Waals surface area contributed by atoms with E-state index in [-0.39, 0.29) is 29.9 Å². The molecule has 0 unspecified atom stereocenters. The molecule has 0 aliphatic heterocycles. The molecule has 2 N–H and O–H groups in total. The molecular weight excluding hydrogens is 478 g/mol. The number of hydrogen-bond donors (Lipinski definition) is 2. The molecule has 0 atom stereocenters. The SMILES string of the molecule is CN=C(NCCCCCCC(=O)OC)NCc1cc(Cl)c(Cl)n1C.I. The van der Waals surface area contributed by atoms with Gasteiger partial charge in [0.2, 0.25) is 0 Å². The minimum Gasteiger partial charge on any atom is -0.469 e. The van der Waals surface area contributed by atoms with Crippen LogP contribution in [0.5, 0.6) is 0 Å². The van der Waals surface area contributed by atoms with Gasteiger partial charge in [-0.15, -0.1) is 24.0 Å². The predicted molar refractivity (Wildman–Crippen MR) is 114 cm³/mol. The van der Waals surface area contributed by atoms with E-state index in [1.54, 1.807) is 7.05 Å². The third-order valence-electron chi connectivity index (χ3n) is 3.70. The van der Waals surface area contributed by atoms with E-state index in [4.69, 9.17) is 23.2 Å². The van der Waals surface area contributed by atoms with Crippen molar-refractivity contribution in [3.63, 3.8) is 0 Å². The Morgan fingerprint density at radius 2 is 1.92 bits per heavy atom. The number of guanidine groups is 1. The number of carbonyl (C=O) groups is 1. The molecule has 0 saturated heterocycles. The lowest BCUT2D eigenvalue weighted by Gasteiger charge is -2.12. The number of esters is 1. The molecule has 1 rings (SSSR count). The van der Waals surface area contributed by atoms with Crippen molar-refractivity contribution in [2.45, 2.75) is 38.6 Å². The Kier molecular flexibility index (Phi) is 13.2. The number of aliphatic imine (C=N–C) groups is 1. The van der Waals surface area contributed by atoms with Gasteiger partial charge >= 0.3 is 5.97 Å². The first kappa shape index (κ1) is 24.3. The topological polar surface area (TPSA) is 67.7 Å². The highest BCUT2D eigenvalue weighted by Gasteiger charge is 2.09. The Balaban J connectivity index is 0.00000576. The molecule has 1 aromatic rings. The van der Waals surface area contributed by atoms with Crippen LogP contribution in [0.2, 0.25) is 10.2 Å². The monoisotopic (exact) mass is 504 g/mol. The van der Waals surface area contributed by atoms with Crippen LogP contribution in [-0.2, 0) is 23.1 Å². The molecule has 0 aliphatic rings. The summed E-state index contributed by atoms with van der Waals surface area (Å²) in [5.74, 6) is 0.594. The van der Waals surface area contributed by atoms with Crippen LogP contribution >= 0.6 is 47.2 Å². The van der Waals surface area contributed by atoms with E-state index in [0.717, 1.165) is 43.9 Å². The van der Waals surface area contributed by atoms with Gasteiger partial charge in [-0.2, -0.15) is 0 Å². The van der Waals surface area contributed by atoms with Crippen LogP contribution < -0.4 is 10.6 Å². The van der Waals surface area contributed by atoms with E-state index in [2.05, 4.69) is 20.4 Å². The van der Waals surface area contributed by atoms with Crippen LogP contribution in [-0.4, -0.2) is 37.2 Å². The maximum absolute atomic E-state index is 11.0. The molecule has 0 saturated carbocycles. The normalized spacial score (nSPS) is 11.0. The van der Waals surface area contributed by atoms with Crippen LogP contribution in [0, 0.1) is 0 Å². The largest absolute Gasteiger partial charge is 0.469 e. The van der Waals surface area contributed by atoms with E-state index < -0.39 is 0 Å². The van der Waals surface area contributed by atoms with Crippen LogP contribution in [0.15, 0.2) is 11.1 Å². The number of nitrogens with one attached hydrogen (secondary N) is 2. The molecule has 0 fully saturated rings. The summed E-state index contributed by atoms with van der Waals surface area (Å²) in [6, 6.07) is 1.84. The van der Waals surface area contributed by atoms with Crippen molar-refractivity contribution in [3.8, 4) is 0 Å². The van der Waals surface area contributed by atoms with Gasteiger partial charge in [-0.05, 0) is 18.9 Å². The highest BCUT2D eigenvalue weighted by atomic mass is 127. The number of hydrogen-bond acceptors (Lipinski definition) is 3. The van der Waals surface area contributed by atoms with Crippen molar-refractivity contribution in [2.24, 2.45) is 12.0 Å². The molecule has 0 radical (unpaired) electrons. The van der Waals surface area contributed by atoms with Gasteiger partial charge in [0.15, 0.2) is 5.96 Å². The van der Waals surface area contributed by atoms with Crippen molar-refractivity contribution in [3.05, 3.63) is 21.9 Å².